The van der Waals surface area contributed by atoms with Gasteiger partial charge in [-0.1, -0.05) is 12.8 Å². The summed E-state index contributed by atoms with van der Waals surface area (Å²) in [6.07, 6.45) is 6.58. The van der Waals surface area contributed by atoms with E-state index in [1.165, 1.54) is 19.0 Å². The molecule has 0 atom stereocenters. The van der Waals surface area contributed by atoms with Gasteiger partial charge >= 0.3 is 0 Å². The van der Waals surface area contributed by atoms with Crippen LogP contribution in [0.3, 0.4) is 0 Å². The van der Waals surface area contributed by atoms with E-state index in [-0.39, 0.29) is 5.91 Å². The number of carbonyl (C=O) groups excluding carboxylic acids is 1. The number of ether oxygens (including phenoxy) is 1. The Hall–Kier alpha value is -1.56. The van der Waals surface area contributed by atoms with Crippen molar-refractivity contribution in [3.63, 3.8) is 0 Å². The normalized spacial score (nSPS) is 16.2. The molecule has 0 spiro atoms. The third-order valence-corrected chi connectivity index (χ3v) is 2.94. The smallest absolute Gasteiger partial charge is 0.271 e. The fourth-order valence-corrected chi connectivity index (χ4v) is 2.01. The van der Waals surface area contributed by atoms with Crippen LogP contribution in [0.5, 0.6) is 0 Å². The zero-order valence-corrected chi connectivity index (χ0v) is 9.74. The molecule has 6 nitrogen and oxygen atoms in total. The van der Waals surface area contributed by atoms with Gasteiger partial charge in [-0.3, -0.25) is 9.89 Å². The Morgan fingerprint density at radius 3 is 3.00 bits per heavy atom. The monoisotopic (exact) mass is 238 g/mol. The van der Waals surface area contributed by atoms with Gasteiger partial charge < -0.3 is 15.8 Å². The first-order valence-corrected chi connectivity index (χ1v) is 5.96. The molecule has 0 aliphatic heterocycles. The van der Waals surface area contributed by atoms with Crippen molar-refractivity contribution < 1.29 is 9.53 Å². The summed E-state index contributed by atoms with van der Waals surface area (Å²) < 4.78 is 5.63. The van der Waals surface area contributed by atoms with Crippen LogP contribution in [-0.4, -0.2) is 35.4 Å². The second kappa shape index (κ2) is 5.67. The molecule has 17 heavy (non-hydrogen) atoms. The predicted molar refractivity (Wildman–Crippen MR) is 63.5 cm³/mol. The molecule has 0 unspecified atom stereocenters. The zero-order chi connectivity index (χ0) is 12.1. The van der Waals surface area contributed by atoms with E-state index in [2.05, 4.69) is 15.5 Å². The van der Waals surface area contributed by atoms with Gasteiger partial charge in [0.15, 0.2) is 0 Å². The predicted octanol–water partition coefficient (Wildman–Crippen LogP) is 0.681. The van der Waals surface area contributed by atoms with Crippen molar-refractivity contribution >= 4 is 11.6 Å². The number of nitrogens with two attached hydrogens (primary N) is 1. The molecule has 0 aromatic carbocycles. The molecule has 0 radical (unpaired) electrons. The number of aromatic amines is 1. The van der Waals surface area contributed by atoms with Crippen molar-refractivity contribution in [2.75, 3.05) is 18.9 Å². The van der Waals surface area contributed by atoms with E-state index in [9.17, 15) is 4.79 Å². The number of rotatable bonds is 5. The number of nitrogens with one attached hydrogen (secondary N) is 2. The summed E-state index contributed by atoms with van der Waals surface area (Å²) in [5, 5.41) is 8.99. The molecule has 6 heteroatoms. The van der Waals surface area contributed by atoms with E-state index < -0.39 is 0 Å². The average molecular weight is 238 g/mol. The van der Waals surface area contributed by atoms with E-state index in [0.717, 1.165) is 12.8 Å². The summed E-state index contributed by atoms with van der Waals surface area (Å²) in [4.78, 5) is 11.6. The molecule has 1 fully saturated rings. The van der Waals surface area contributed by atoms with Gasteiger partial charge in [0.05, 0.1) is 24.6 Å². The first-order chi connectivity index (χ1) is 8.27. The Kier molecular flexibility index (Phi) is 3.98. The van der Waals surface area contributed by atoms with Crippen molar-refractivity contribution in [1.82, 2.24) is 15.5 Å². The van der Waals surface area contributed by atoms with Crippen LogP contribution in [0.15, 0.2) is 6.20 Å². The molecule has 0 bridgehead atoms. The Balaban J connectivity index is 1.65. The fraction of sp³-hybridized carbons (Fsp3) is 0.636. The molecule has 1 aliphatic rings. The van der Waals surface area contributed by atoms with Gasteiger partial charge in [0, 0.05) is 6.54 Å². The summed E-state index contributed by atoms with van der Waals surface area (Å²) in [6.45, 7) is 1.04. The van der Waals surface area contributed by atoms with Crippen molar-refractivity contribution in [2.24, 2.45) is 0 Å². The average Bonchev–Trinajstić information content (AvgIpc) is 2.95. The van der Waals surface area contributed by atoms with Crippen LogP contribution in [0.2, 0.25) is 0 Å². The fourth-order valence-electron chi connectivity index (χ4n) is 2.01. The topological polar surface area (TPSA) is 93.0 Å². The summed E-state index contributed by atoms with van der Waals surface area (Å²) in [5.74, 6) is -0.241. The SMILES string of the molecule is Nc1cn[nH]c1C(=O)NCCOC1CCCC1. The molecule has 0 saturated heterocycles. The Morgan fingerprint density at radius 2 is 2.35 bits per heavy atom. The standard InChI is InChI=1S/C11H18N4O2/c12-9-7-14-15-10(9)11(16)13-5-6-17-8-3-1-2-4-8/h7-8H,1-6,12H2,(H,13,16)(H,14,15). The molecule has 4 N–H and O–H groups in total. The number of nitrogens with zero attached hydrogens (tertiary/aromatic N) is 1. The van der Waals surface area contributed by atoms with E-state index in [1.54, 1.807) is 0 Å². The molecule has 2 rings (SSSR count). The number of carbonyl (C=O) groups is 1. The number of amides is 1. The summed E-state index contributed by atoms with van der Waals surface area (Å²) in [6, 6.07) is 0. The van der Waals surface area contributed by atoms with Gasteiger partial charge in [-0.25, -0.2) is 0 Å². The van der Waals surface area contributed by atoms with Crippen LogP contribution < -0.4 is 11.1 Å². The minimum atomic E-state index is -0.241. The second-order valence-electron chi connectivity index (χ2n) is 4.23. The number of hydrogen-bond acceptors (Lipinski definition) is 4. The number of aromatic nitrogens is 2. The molecule has 1 heterocycles. The molecule has 1 aromatic heterocycles. The molecular formula is C11H18N4O2. The second-order valence-corrected chi connectivity index (χ2v) is 4.23. The highest BCUT2D eigenvalue weighted by atomic mass is 16.5. The molecule has 1 amide bonds. The van der Waals surface area contributed by atoms with Crippen LogP contribution in [-0.2, 0) is 4.74 Å². The highest BCUT2D eigenvalue weighted by molar-refractivity contribution is 5.96. The highest BCUT2D eigenvalue weighted by Crippen LogP contribution is 2.20. The maximum absolute atomic E-state index is 11.6. The molecular weight excluding hydrogens is 220 g/mol. The maximum Gasteiger partial charge on any atom is 0.271 e. The number of anilines is 1. The van der Waals surface area contributed by atoms with Gasteiger partial charge in [0.25, 0.3) is 5.91 Å². The lowest BCUT2D eigenvalue weighted by Crippen LogP contribution is -2.29. The first-order valence-electron chi connectivity index (χ1n) is 5.96. The van der Waals surface area contributed by atoms with Gasteiger partial charge in [0.1, 0.15) is 5.69 Å². The summed E-state index contributed by atoms with van der Waals surface area (Å²) in [5.41, 5.74) is 6.23. The van der Waals surface area contributed by atoms with E-state index in [0.29, 0.717) is 30.6 Å². The van der Waals surface area contributed by atoms with Gasteiger partial charge in [-0.05, 0) is 12.8 Å². The number of hydrogen-bond donors (Lipinski definition) is 3. The highest BCUT2D eigenvalue weighted by Gasteiger charge is 2.15. The Bertz CT molecular complexity index is 371. The lowest BCUT2D eigenvalue weighted by molar-refractivity contribution is 0.0581. The van der Waals surface area contributed by atoms with E-state index in [4.69, 9.17) is 10.5 Å². The minimum Gasteiger partial charge on any atom is -0.396 e. The van der Waals surface area contributed by atoms with Gasteiger partial charge in [-0.15, -0.1) is 0 Å². The van der Waals surface area contributed by atoms with Crippen LogP contribution in [0.25, 0.3) is 0 Å². The van der Waals surface area contributed by atoms with Crippen LogP contribution in [0, 0.1) is 0 Å². The van der Waals surface area contributed by atoms with Crippen molar-refractivity contribution in [1.29, 1.82) is 0 Å². The minimum absolute atomic E-state index is 0.241. The molecule has 1 aromatic rings. The Labute approximate surface area is 99.9 Å². The maximum atomic E-state index is 11.6. The number of H-pyrrole nitrogens is 1. The molecule has 94 valence electrons. The van der Waals surface area contributed by atoms with Crippen molar-refractivity contribution in [3.8, 4) is 0 Å². The van der Waals surface area contributed by atoms with Crippen LogP contribution in [0.1, 0.15) is 36.2 Å². The first kappa shape index (κ1) is 11.9. The summed E-state index contributed by atoms with van der Waals surface area (Å²) in [7, 11) is 0. The lowest BCUT2D eigenvalue weighted by Gasteiger charge is -2.11. The van der Waals surface area contributed by atoms with E-state index in [1.807, 2.05) is 0 Å². The van der Waals surface area contributed by atoms with Crippen molar-refractivity contribution in [3.05, 3.63) is 11.9 Å². The Morgan fingerprint density at radius 1 is 1.59 bits per heavy atom. The summed E-state index contributed by atoms with van der Waals surface area (Å²) >= 11 is 0. The molecule has 1 aliphatic carbocycles. The van der Waals surface area contributed by atoms with Crippen LogP contribution >= 0.6 is 0 Å². The van der Waals surface area contributed by atoms with Gasteiger partial charge in [0.2, 0.25) is 0 Å². The van der Waals surface area contributed by atoms with Crippen molar-refractivity contribution in [2.45, 2.75) is 31.8 Å². The third-order valence-electron chi connectivity index (χ3n) is 2.94. The van der Waals surface area contributed by atoms with E-state index >= 15 is 0 Å². The largest absolute Gasteiger partial charge is 0.396 e. The quantitative estimate of drug-likeness (QED) is 0.658. The third kappa shape index (κ3) is 3.20. The zero-order valence-electron chi connectivity index (χ0n) is 9.74. The molecule has 1 saturated carbocycles. The number of nitrogen functional groups attached to an aromatic ring is 1. The lowest BCUT2D eigenvalue weighted by atomic mass is 10.3. The van der Waals surface area contributed by atoms with Gasteiger partial charge in [-0.2, -0.15) is 5.10 Å². The van der Waals surface area contributed by atoms with Crippen LogP contribution in [0.4, 0.5) is 5.69 Å².